The van der Waals surface area contributed by atoms with Crippen LogP contribution in [0, 0.1) is 5.92 Å². The van der Waals surface area contributed by atoms with Crippen LogP contribution in [0.5, 0.6) is 0 Å². The standard InChI is InChI=1S/C11H22N2O2/c1-8-6-12-7-9(8)13(5)10(14)15-11(2,3)4/h8-9,12H,6-7H2,1-5H3/t8-,9+/m1/s1. The summed E-state index contributed by atoms with van der Waals surface area (Å²) in [5.74, 6) is 0.488. The van der Waals surface area contributed by atoms with E-state index in [0.717, 1.165) is 13.1 Å². The molecule has 1 aliphatic heterocycles. The molecule has 88 valence electrons. The summed E-state index contributed by atoms with van der Waals surface area (Å²) in [4.78, 5) is 13.5. The molecule has 2 atom stereocenters. The third-order valence-electron chi connectivity index (χ3n) is 2.66. The Bertz CT molecular complexity index is 235. The van der Waals surface area contributed by atoms with Crippen LogP contribution in [0.1, 0.15) is 27.7 Å². The Morgan fingerprint density at radius 2 is 2.00 bits per heavy atom. The molecular formula is C11H22N2O2. The lowest BCUT2D eigenvalue weighted by Gasteiger charge is -2.30. The predicted octanol–water partition coefficient (Wildman–Crippen LogP) is 1.46. The van der Waals surface area contributed by atoms with E-state index in [1.54, 1.807) is 4.90 Å². The van der Waals surface area contributed by atoms with Gasteiger partial charge in [-0.05, 0) is 33.2 Å². The molecule has 15 heavy (non-hydrogen) atoms. The average Bonchev–Trinajstić information content (AvgIpc) is 2.47. The Kier molecular flexibility index (Phi) is 3.60. The first-order valence-electron chi connectivity index (χ1n) is 5.48. The minimum Gasteiger partial charge on any atom is -0.444 e. The molecule has 0 spiro atoms. The number of carbonyl (C=O) groups excluding carboxylic acids is 1. The van der Waals surface area contributed by atoms with E-state index >= 15 is 0 Å². The second kappa shape index (κ2) is 4.39. The molecule has 1 amide bonds. The first-order chi connectivity index (χ1) is 6.81. The van der Waals surface area contributed by atoms with Crippen LogP contribution in [0.2, 0.25) is 0 Å². The van der Waals surface area contributed by atoms with Crippen molar-refractivity contribution in [2.75, 3.05) is 20.1 Å². The predicted molar refractivity (Wildman–Crippen MR) is 59.8 cm³/mol. The van der Waals surface area contributed by atoms with Gasteiger partial charge in [0.25, 0.3) is 0 Å². The maximum absolute atomic E-state index is 11.8. The number of likely N-dealkylation sites (N-methyl/N-ethyl adjacent to an activating group) is 1. The SMILES string of the molecule is C[C@@H]1CNC[C@@H]1N(C)C(=O)OC(C)(C)C. The van der Waals surface area contributed by atoms with Crippen LogP contribution in [-0.4, -0.2) is 42.8 Å². The Hall–Kier alpha value is -0.770. The molecule has 0 saturated carbocycles. The zero-order valence-electron chi connectivity index (χ0n) is 10.3. The number of nitrogens with one attached hydrogen (secondary N) is 1. The molecule has 4 heteroatoms. The molecule has 0 aromatic heterocycles. The lowest BCUT2D eigenvalue weighted by molar-refractivity contribution is 0.0207. The molecule has 0 aliphatic carbocycles. The lowest BCUT2D eigenvalue weighted by atomic mass is 10.1. The number of hydrogen-bond donors (Lipinski definition) is 1. The highest BCUT2D eigenvalue weighted by Crippen LogP contribution is 2.17. The van der Waals surface area contributed by atoms with E-state index < -0.39 is 5.60 Å². The highest BCUT2D eigenvalue weighted by atomic mass is 16.6. The fourth-order valence-electron chi connectivity index (χ4n) is 1.78. The summed E-state index contributed by atoms with van der Waals surface area (Å²) >= 11 is 0. The molecule has 0 unspecified atom stereocenters. The van der Waals surface area contributed by atoms with Crippen molar-refractivity contribution in [3.8, 4) is 0 Å². The van der Waals surface area contributed by atoms with Crippen molar-refractivity contribution < 1.29 is 9.53 Å². The molecule has 1 heterocycles. The Labute approximate surface area is 92.0 Å². The molecular weight excluding hydrogens is 192 g/mol. The Morgan fingerprint density at radius 1 is 1.40 bits per heavy atom. The maximum Gasteiger partial charge on any atom is 0.410 e. The van der Waals surface area contributed by atoms with E-state index in [0.29, 0.717) is 5.92 Å². The summed E-state index contributed by atoms with van der Waals surface area (Å²) in [5, 5.41) is 3.27. The molecule has 0 radical (unpaired) electrons. The highest BCUT2D eigenvalue weighted by molar-refractivity contribution is 5.68. The van der Waals surface area contributed by atoms with Crippen LogP contribution < -0.4 is 5.32 Å². The van der Waals surface area contributed by atoms with Gasteiger partial charge in [0, 0.05) is 13.6 Å². The molecule has 0 bridgehead atoms. The van der Waals surface area contributed by atoms with Gasteiger partial charge in [-0.1, -0.05) is 6.92 Å². The van der Waals surface area contributed by atoms with Crippen LogP contribution in [-0.2, 0) is 4.74 Å². The van der Waals surface area contributed by atoms with Gasteiger partial charge in [0.2, 0.25) is 0 Å². The van der Waals surface area contributed by atoms with Gasteiger partial charge in [0.15, 0.2) is 0 Å². The van der Waals surface area contributed by atoms with Gasteiger partial charge >= 0.3 is 6.09 Å². The summed E-state index contributed by atoms with van der Waals surface area (Å²) in [6.45, 7) is 9.62. The molecule has 1 aliphatic rings. The summed E-state index contributed by atoms with van der Waals surface area (Å²) in [7, 11) is 1.81. The van der Waals surface area contributed by atoms with Gasteiger partial charge in [-0.2, -0.15) is 0 Å². The van der Waals surface area contributed by atoms with E-state index in [2.05, 4.69) is 12.2 Å². The van der Waals surface area contributed by atoms with Crippen LogP contribution in [0.4, 0.5) is 4.79 Å². The van der Waals surface area contributed by atoms with Crippen molar-refractivity contribution in [2.24, 2.45) is 5.92 Å². The van der Waals surface area contributed by atoms with Gasteiger partial charge in [0.05, 0.1) is 6.04 Å². The van der Waals surface area contributed by atoms with Gasteiger partial charge < -0.3 is 15.0 Å². The number of rotatable bonds is 1. The summed E-state index contributed by atoms with van der Waals surface area (Å²) < 4.78 is 5.32. The van der Waals surface area contributed by atoms with Crippen molar-refractivity contribution in [3.05, 3.63) is 0 Å². The number of ether oxygens (including phenoxy) is 1. The summed E-state index contributed by atoms with van der Waals surface area (Å²) in [6, 6.07) is 0.250. The lowest BCUT2D eigenvalue weighted by Crippen LogP contribution is -2.44. The van der Waals surface area contributed by atoms with Gasteiger partial charge in [-0.15, -0.1) is 0 Å². The molecule has 0 aromatic rings. The average molecular weight is 214 g/mol. The zero-order chi connectivity index (χ0) is 11.6. The molecule has 1 rings (SSSR count). The monoisotopic (exact) mass is 214 g/mol. The van der Waals surface area contributed by atoms with Gasteiger partial charge in [0.1, 0.15) is 5.60 Å². The van der Waals surface area contributed by atoms with Crippen molar-refractivity contribution in [3.63, 3.8) is 0 Å². The van der Waals surface area contributed by atoms with Crippen LogP contribution >= 0.6 is 0 Å². The van der Waals surface area contributed by atoms with Crippen molar-refractivity contribution >= 4 is 6.09 Å². The fraction of sp³-hybridized carbons (Fsp3) is 0.909. The number of carbonyl (C=O) groups is 1. The minimum absolute atomic E-state index is 0.233. The number of nitrogens with zero attached hydrogens (tertiary/aromatic N) is 1. The second-order valence-corrected chi connectivity index (χ2v) is 5.29. The second-order valence-electron chi connectivity index (χ2n) is 5.29. The van der Waals surface area contributed by atoms with E-state index in [1.165, 1.54) is 0 Å². The van der Waals surface area contributed by atoms with E-state index in [9.17, 15) is 4.79 Å². The maximum atomic E-state index is 11.8. The van der Waals surface area contributed by atoms with Crippen molar-refractivity contribution in [1.29, 1.82) is 0 Å². The number of amides is 1. The molecule has 1 saturated heterocycles. The first-order valence-corrected chi connectivity index (χ1v) is 5.48. The summed E-state index contributed by atoms with van der Waals surface area (Å²) in [5.41, 5.74) is -0.416. The fourth-order valence-corrected chi connectivity index (χ4v) is 1.78. The van der Waals surface area contributed by atoms with E-state index in [1.807, 2.05) is 27.8 Å². The third-order valence-corrected chi connectivity index (χ3v) is 2.66. The first kappa shape index (κ1) is 12.3. The van der Waals surface area contributed by atoms with Gasteiger partial charge in [-0.3, -0.25) is 0 Å². The molecule has 1 fully saturated rings. The zero-order valence-corrected chi connectivity index (χ0v) is 10.3. The molecule has 0 aromatic carbocycles. The van der Waals surface area contributed by atoms with Crippen LogP contribution in [0.25, 0.3) is 0 Å². The van der Waals surface area contributed by atoms with Crippen molar-refractivity contribution in [1.82, 2.24) is 10.2 Å². The van der Waals surface area contributed by atoms with Crippen molar-refractivity contribution in [2.45, 2.75) is 39.3 Å². The molecule has 4 nitrogen and oxygen atoms in total. The van der Waals surface area contributed by atoms with Crippen LogP contribution in [0.3, 0.4) is 0 Å². The molecule has 1 N–H and O–H groups in total. The smallest absolute Gasteiger partial charge is 0.410 e. The largest absolute Gasteiger partial charge is 0.444 e. The normalized spacial score (nSPS) is 26.5. The third kappa shape index (κ3) is 3.38. The number of hydrogen-bond acceptors (Lipinski definition) is 3. The Morgan fingerprint density at radius 3 is 2.40 bits per heavy atom. The quantitative estimate of drug-likeness (QED) is 0.718. The minimum atomic E-state index is -0.416. The van der Waals surface area contributed by atoms with E-state index in [4.69, 9.17) is 4.74 Å². The Balaban J connectivity index is 2.52. The topological polar surface area (TPSA) is 41.6 Å². The van der Waals surface area contributed by atoms with Crippen LogP contribution in [0.15, 0.2) is 0 Å². The highest BCUT2D eigenvalue weighted by Gasteiger charge is 2.31. The van der Waals surface area contributed by atoms with Gasteiger partial charge in [-0.25, -0.2) is 4.79 Å². The van der Waals surface area contributed by atoms with E-state index in [-0.39, 0.29) is 12.1 Å². The summed E-state index contributed by atoms with van der Waals surface area (Å²) in [6.07, 6.45) is -0.233.